The van der Waals surface area contributed by atoms with Gasteiger partial charge in [-0.15, -0.1) is 0 Å². The lowest BCUT2D eigenvalue weighted by Crippen LogP contribution is -2.48. The van der Waals surface area contributed by atoms with Gasteiger partial charge in [-0.05, 0) is 44.2 Å². The minimum absolute atomic E-state index is 0.0900. The van der Waals surface area contributed by atoms with Crippen LogP contribution in [0.15, 0.2) is 41.6 Å². The number of aromatic nitrogens is 3. The van der Waals surface area contributed by atoms with Crippen molar-refractivity contribution >= 4 is 6.03 Å². The number of hydrogen-bond acceptors (Lipinski definition) is 4. The van der Waals surface area contributed by atoms with E-state index in [1.54, 1.807) is 6.20 Å². The number of amides is 2. The fourth-order valence-electron chi connectivity index (χ4n) is 3.20. The molecule has 2 N–H and O–H groups in total. The Bertz CT molecular complexity index is 746. The first-order valence-electron chi connectivity index (χ1n) is 8.70. The second kappa shape index (κ2) is 8.41. The topological polar surface area (TPSA) is 91.0 Å². The van der Waals surface area contributed by atoms with Crippen molar-refractivity contribution in [2.45, 2.75) is 44.7 Å². The third-order valence-electron chi connectivity index (χ3n) is 4.50. The summed E-state index contributed by atoms with van der Waals surface area (Å²) in [5.41, 5.74) is 1.39. The molecule has 0 bridgehead atoms. The molecule has 0 aliphatic carbocycles. The molecule has 7 nitrogen and oxygen atoms in total. The molecule has 1 aliphatic rings. The van der Waals surface area contributed by atoms with E-state index in [1.807, 2.05) is 23.1 Å². The van der Waals surface area contributed by atoms with E-state index in [4.69, 9.17) is 0 Å². The highest BCUT2D eigenvalue weighted by molar-refractivity contribution is 5.74. The zero-order chi connectivity index (χ0) is 17.5. The Hall–Kier alpha value is -2.70. The molecular weight excluding hydrogens is 318 g/mol. The first kappa shape index (κ1) is 17.1. The third-order valence-corrected chi connectivity index (χ3v) is 4.50. The second-order valence-corrected chi connectivity index (χ2v) is 6.26. The van der Waals surface area contributed by atoms with Gasteiger partial charge in [-0.3, -0.25) is 9.78 Å². The van der Waals surface area contributed by atoms with Gasteiger partial charge < -0.3 is 15.2 Å². The van der Waals surface area contributed by atoms with Crippen LogP contribution in [0.2, 0.25) is 0 Å². The zero-order valence-corrected chi connectivity index (χ0v) is 14.1. The highest BCUT2D eigenvalue weighted by atomic mass is 16.2. The molecule has 25 heavy (non-hydrogen) atoms. The molecule has 1 aliphatic heterocycles. The number of carbonyl (C=O) groups excluding carboxylic acids is 1. The van der Waals surface area contributed by atoms with E-state index in [0.29, 0.717) is 5.69 Å². The highest BCUT2D eigenvalue weighted by Gasteiger charge is 2.26. The molecule has 0 radical (unpaired) electrons. The van der Waals surface area contributed by atoms with Crippen molar-refractivity contribution in [1.29, 1.82) is 0 Å². The molecule has 1 fully saturated rings. The number of rotatable bonds is 5. The average molecular weight is 341 g/mol. The normalized spacial score (nSPS) is 17.3. The van der Waals surface area contributed by atoms with Gasteiger partial charge in [-0.2, -0.15) is 0 Å². The van der Waals surface area contributed by atoms with Gasteiger partial charge >= 0.3 is 6.03 Å². The van der Waals surface area contributed by atoms with Crippen molar-refractivity contribution in [3.63, 3.8) is 0 Å². The lowest BCUT2D eigenvalue weighted by Gasteiger charge is -2.35. The monoisotopic (exact) mass is 341 g/mol. The van der Waals surface area contributed by atoms with Crippen LogP contribution in [0.25, 0.3) is 0 Å². The van der Waals surface area contributed by atoms with Gasteiger partial charge in [-0.1, -0.05) is 6.07 Å². The van der Waals surface area contributed by atoms with Crippen LogP contribution in [0, 0.1) is 0 Å². The lowest BCUT2D eigenvalue weighted by molar-refractivity contribution is 0.146. The number of nitrogens with zero attached hydrogens (tertiary/aromatic N) is 3. The molecule has 7 heteroatoms. The van der Waals surface area contributed by atoms with Crippen molar-refractivity contribution in [3.05, 3.63) is 58.5 Å². The van der Waals surface area contributed by atoms with Crippen molar-refractivity contribution in [3.8, 4) is 0 Å². The first-order chi connectivity index (χ1) is 12.2. The Morgan fingerprint density at radius 1 is 1.28 bits per heavy atom. The molecule has 1 atom stereocenters. The van der Waals surface area contributed by atoms with Crippen LogP contribution >= 0.6 is 0 Å². The molecule has 2 amide bonds. The third kappa shape index (κ3) is 4.89. The Morgan fingerprint density at radius 3 is 3.00 bits per heavy atom. The fraction of sp³-hybridized carbons (Fsp3) is 0.444. The zero-order valence-electron chi connectivity index (χ0n) is 14.1. The number of urea groups is 1. The number of piperidine rings is 1. The van der Waals surface area contributed by atoms with Crippen LogP contribution in [0.1, 0.15) is 37.1 Å². The summed E-state index contributed by atoms with van der Waals surface area (Å²) in [6, 6.07) is 7.45. The number of hydrogen-bond donors (Lipinski definition) is 2. The van der Waals surface area contributed by atoms with Crippen molar-refractivity contribution in [1.82, 2.24) is 25.2 Å². The van der Waals surface area contributed by atoms with E-state index in [0.717, 1.165) is 44.3 Å². The summed E-state index contributed by atoms with van der Waals surface area (Å²) in [6.45, 7) is 1.02. The Balaban J connectivity index is 1.56. The number of pyridine rings is 1. The number of carbonyl (C=O) groups is 1. The van der Waals surface area contributed by atoms with Gasteiger partial charge in [-0.25, -0.2) is 9.78 Å². The molecule has 3 rings (SSSR count). The fourth-order valence-corrected chi connectivity index (χ4v) is 3.20. The van der Waals surface area contributed by atoms with E-state index in [1.165, 1.54) is 12.4 Å². The standard InChI is InChI=1S/C18H23N5O2/c24-17-11-15(21-13-22-17)12-20-18(25)23-10-4-2-6-16(23)8-7-14-5-1-3-9-19-14/h1,3,5,9,11,13,16H,2,4,6-8,10,12H2,(H,20,25)(H,21,22,24). The minimum atomic E-state index is -0.217. The summed E-state index contributed by atoms with van der Waals surface area (Å²) in [4.78, 5) is 36.6. The molecule has 0 spiro atoms. The summed E-state index contributed by atoms with van der Waals surface area (Å²) >= 11 is 0. The molecular formula is C18H23N5O2. The average Bonchev–Trinajstić information content (AvgIpc) is 2.65. The molecule has 3 heterocycles. The SMILES string of the molecule is O=C(NCc1cc(=O)[nH]cn1)N1CCCCC1CCc1ccccn1. The van der Waals surface area contributed by atoms with Crippen LogP contribution in [-0.2, 0) is 13.0 Å². The predicted octanol–water partition coefficient (Wildman–Crippen LogP) is 1.86. The van der Waals surface area contributed by atoms with Crippen molar-refractivity contribution in [2.24, 2.45) is 0 Å². The summed E-state index contributed by atoms with van der Waals surface area (Å²) in [5.74, 6) is 0. The quantitative estimate of drug-likeness (QED) is 0.868. The molecule has 0 saturated carbocycles. The van der Waals surface area contributed by atoms with Crippen LogP contribution in [0.3, 0.4) is 0 Å². The van der Waals surface area contributed by atoms with E-state index in [-0.39, 0.29) is 24.2 Å². The lowest BCUT2D eigenvalue weighted by atomic mass is 9.97. The van der Waals surface area contributed by atoms with E-state index in [2.05, 4.69) is 20.3 Å². The van der Waals surface area contributed by atoms with E-state index >= 15 is 0 Å². The maximum Gasteiger partial charge on any atom is 0.317 e. The molecule has 132 valence electrons. The summed E-state index contributed by atoms with van der Waals surface area (Å²) in [7, 11) is 0. The molecule has 2 aromatic rings. The van der Waals surface area contributed by atoms with Crippen LogP contribution < -0.4 is 10.9 Å². The number of nitrogens with one attached hydrogen (secondary N) is 2. The summed E-state index contributed by atoms with van der Waals surface area (Å²) in [5, 5.41) is 2.88. The number of H-pyrrole nitrogens is 1. The van der Waals surface area contributed by atoms with Crippen molar-refractivity contribution < 1.29 is 4.79 Å². The predicted molar refractivity (Wildman–Crippen MR) is 94.0 cm³/mol. The maximum atomic E-state index is 12.6. The Morgan fingerprint density at radius 2 is 2.20 bits per heavy atom. The highest BCUT2D eigenvalue weighted by Crippen LogP contribution is 2.21. The van der Waals surface area contributed by atoms with Gasteiger partial charge in [0.25, 0.3) is 5.56 Å². The van der Waals surface area contributed by atoms with Gasteiger partial charge in [0, 0.05) is 30.5 Å². The minimum Gasteiger partial charge on any atom is -0.332 e. The van der Waals surface area contributed by atoms with Crippen LogP contribution in [0.4, 0.5) is 4.79 Å². The molecule has 2 aromatic heterocycles. The molecule has 1 saturated heterocycles. The second-order valence-electron chi connectivity index (χ2n) is 6.26. The largest absolute Gasteiger partial charge is 0.332 e. The van der Waals surface area contributed by atoms with Gasteiger partial charge in [0.1, 0.15) is 0 Å². The summed E-state index contributed by atoms with van der Waals surface area (Å²) in [6.07, 6.45) is 8.11. The van der Waals surface area contributed by atoms with Gasteiger partial charge in [0.2, 0.25) is 0 Å². The molecule has 0 aromatic carbocycles. The summed E-state index contributed by atoms with van der Waals surface area (Å²) < 4.78 is 0. The van der Waals surface area contributed by atoms with E-state index < -0.39 is 0 Å². The van der Waals surface area contributed by atoms with Gasteiger partial charge in [0.15, 0.2) is 0 Å². The molecule has 1 unspecified atom stereocenters. The van der Waals surface area contributed by atoms with Crippen LogP contribution in [-0.4, -0.2) is 38.5 Å². The maximum absolute atomic E-state index is 12.6. The number of likely N-dealkylation sites (tertiary alicyclic amines) is 1. The van der Waals surface area contributed by atoms with Gasteiger partial charge in [0.05, 0.1) is 18.6 Å². The Labute approximate surface area is 146 Å². The number of aromatic amines is 1. The smallest absolute Gasteiger partial charge is 0.317 e. The number of aryl methyl sites for hydroxylation is 1. The van der Waals surface area contributed by atoms with Crippen molar-refractivity contribution in [2.75, 3.05) is 6.54 Å². The first-order valence-corrected chi connectivity index (χ1v) is 8.70. The van der Waals surface area contributed by atoms with E-state index in [9.17, 15) is 9.59 Å². The Kier molecular flexibility index (Phi) is 5.77. The van der Waals surface area contributed by atoms with Crippen LogP contribution in [0.5, 0.6) is 0 Å².